The number of nitrogens with one attached hydrogen (secondary N) is 1. The monoisotopic (exact) mass is 415 g/mol. The molecule has 0 radical (unpaired) electrons. The first-order valence-corrected chi connectivity index (χ1v) is 9.85. The SMILES string of the molecule is Cc1ccc(C(CNC(=O)c2cccc(Br)c2)N2CCN(C)CC2)cc1. The summed E-state index contributed by atoms with van der Waals surface area (Å²) in [4.78, 5) is 17.4. The van der Waals surface area contributed by atoms with Crippen molar-refractivity contribution in [3.8, 4) is 0 Å². The molecule has 138 valence electrons. The van der Waals surface area contributed by atoms with Crippen molar-refractivity contribution in [1.29, 1.82) is 0 Å². The Hall–Kier alpha value is -1.69. The molecule has 1 fully saturated rings. The van der Waals surface area contributed by atoms with Crippen LogP contribution in [0.3, 0.4) is 0 Å². The van der Waals surface area contributed by atoms with E-state index in [1.54, 1.807) is 0 Å². The number of piperazine rings is 1. The smallest absolute Gasteiger partial charge is 0.251 e. The van der Waals surface area contributed by atoms with E-state index in [1.807, 2.05) is 24.3 Å². The minimum absolute atomic E-state index is 0.0301. The summed E-state index contributed by atoms with van der Waals surface area (Å²) in [5, 5.41) is 3.13. The molecule has 0 aromatic heterocycles. The minimum atomic E-state index is -0.0301. The summed E-state index contributed by atoms with van der Waals surface area (Å²) in [6.07, 6.45) is 0. The summed E-state index contributed by atoms with van der Waals surface area (Å²) < 4.78 is 0.916. The van der Waals surface area contributed by atoms with Crippen LogP contribution in [0, 0.1) is 6.92 Å². The third-order valence-corrected chi connectivity index (χ3v) is 5.48. The van der Waals surface area contributed by atoms with Gasteiger partial charge < -0.3 is 10.2 Å². The molecule has 1 amide bonds. The van der Waals surface area contributed by atoms with Crippen molar-refractivity contribution in [1.82, 2.24) is 15.1 Å². The van der Waals surface area contributed by atoms with Gasteiger partial charge in [-0.15, -0.1) is 0 Å². The predicted molar refractivity (Wildman–Crippen MR) is 109 cm³/mol. The van der Waals surface area contributed by atoms with Crippen molar-refractivity contribution in [2.45, 2.75) is 13.0 Å². The first-order chi connectivity index (χ1) is 12.5. The number of halogens is 1. The lowest BCUT2D eigenvalue weighted by Gasteiger charge is -2.38. The largest absolute Gasteiger partial charge is 0.350 e. The summed E-state index contributed by atoms with van der Waals surface area (Å²) in [7, 11) is 2.16. The molecular weight excluding hydrogens is 390 g/mol. The Morgan fingerprint density at radius 2 is 1.81 bits per heavy atom. The van der Waals surface area contributed by atoms with Crippen molar-refractivity contribution in [2.75, 3.05) is 39.8 Å². The standard InChI is InChI=1S/C21H26BrN3O/c1-16-6-8-17(9-7-16)20(25-12-10-24(2)11-13-25)15-23-21(26)18-4-3-5-19(22)14-18/h3-9,14,20H,10-13,15H2,1-2H3,(H,23,26). The molecule has 0 spiro atoms. The van der Waals surface area contributed by atoms with E-state index in [4.69, 9.17) is 0 Å². The van der Waals surface area contributed by atoms with Gasteiger partial charge in [0.25, 0.3) is 5.91 Å². The Morgan fingerprint density at radius 3 is 2.46 bits per heavy atom. The van der Waals surface area contributed by atoms with E-state index in [0.29, 0.717) is 12.1 Å². The van der Waals surface area contributed by atoms with Crippen molar-refractivity contribution < 1.29 is 4.79 Å². The second-order valence-electron chi connectivity index (χ2n) is 6.99. The Balaban J connectivity index is 1.73. The molecule has 1 N–H and O–H groups in total. The van der Waals surface area contributed by atoms with E-state index in [0.717, 1.165) is 30.7 Å². The van der Waals surface area contributed by atoms with Crippen molar-refractivity contribution in [2.24, 2.45) is 0 Å². The molecule has 2 aromatic carbocycles. The van der Waals surface area contributed by atoms with Crippen LogP contribution in [-0.2, 0) is 0 Å². The summed E-state index contributed by atoms with van der Waals surface area (Å²) in [6, 6.07) is 16.4. The molecule has 1 atom stereocenters. The molecule has 2 aromatic rings. The van der Waals surface area contributed by atoms with E-state index in [2.05, 4.69) is 69.3 Å². The number of nitrogens with zero attached hydrogens (tertiary/aromatic N) is 2. The van der Waals surface area contributed by atoms with Crippen molar-refractivity contribution in [3.05, 3.63) is 69.7 Å². The van der Waals surface area contributed by atoms with Crippen LogP contribution < -0.4 is 5.32 Å². The third-order valence-electron chi connectivity index (χ3n) is 4.98. The number of rotatable bonds is 5. The van der Waals surface area contributed by atoms with Crippen LogP contribution in [0.25, 0.3) is 0 Å². The Bertz CT molecular complexity index is 739. The van der Waals surface area contributed by atoms with Gasteiger partial charge in [-0.3, -0.25) is 9.69 Å². The highest BCUT2D eigenvalue weighted by Gasteiger charge is 2.24. The minimum Gasteiger partial charge on any atom is -0.350 e. The van der Waals surface area contributed by atoms with E-state index in [-0.39, 0.29) is 11.9 Å². The number of benzene rings is 2. The molecule has 4 nitrogen and oxygen atoms in total. The summed E-state index contributed by atoms with van der Waals surface area (Å²) in [6.45, 7) is 6.86. The van der Waals surface area contributed by atoms with Gasteiger partial charge in [-0.2, -0.15) is 0 Å². The third kappa shape index (κ3) is 4.93. The highest BCUT2D eigenvalue weighted by Crippen LogP contribution is 2.22. The molecule has 1 aliphatic heterocycles. The zero-order valence-electron chi connectivity index (χ0n) is 15.4. The van der Waals surface area contributed by atoms with Gasteiger partial charge in [-0.1, -0.05) is 51.8 Å². The number of hydrogen-bond acceptors (Lipinski definition) is 3. The maximum Gasteiger partial charge on any atom is 0.251 e. The molecule has 1 unspecified atom stereocenters. The summed E-state index contributed by atoms with van der Waals surface area (Å²) in [5.41, 5.74) is 3.19. The van der Waals surface area contributed by atoms with Gasteiger partial charge in [0.05, 0.1) is 6.04 Å². The fourth-order valence-corrected chi connectivity index (χ4v) is 3.70. The number of amides is 1. The van der Waals surface area contributed by atoms with Gasteiger partial charge in [-0.25, -0.2) is 0 Å². The summed E-state index contributed by atoms with van der Waals surface area (Å²) in [5.74, 6) is -0.0301. The van der Waals surface area contributed by atoms with Crippen LogP contribution in [0.5, 0.6) is 0 Å². The van der Waals surface area contributed by atoms with Gasteiger partial charge in [0.2, 0.25) is 0 Å². The highest BCUT2D eigenvalue weighted by molar-refractivity contribution is 9.10. The van der Waals surface area contributed by atoms with E-state index in [1.165, 1.54) is 11.1 Å². The lowest BCUT2D eigenvalue weighted by molar-refractivity contribution is 0.0886. The molecule has 0 aliphatic carbocycles. The second-order valence-corrected chi connectivity index (χ2v) is 7.90. The van der Waals surface area contributed by atoms with Gasteiger partial charge >= 0.3 is 0 Å². The predicted octanol–water partition coefficient (Wildman–Crippen LogP) is 3.48. The zero-order valence-corrected chi connectivity index (χ0v) is 17.0. The second kappa shape index (κ2) is 8.80. The van der Waals surface area contributed by atoms with Crippen LogP contribution in [0.4, 0.5) is 0 Å². The number of aryl methyl sites for hydroxylation is 1. The zero-order chi connectivity index (χ0) is 18.5. The fraction of sp³-hybridized carbons (Fsp3) is 0.381. The van der Waals surface area contributed by atoms with Gasteiger partial charge in [0.15, 0.2) is 0 Å². The topological polar surface area (TPSA) is 35.6 Å². The summed E-state index contributed by atoms with van der Waals surface area (Å²) >= 11 is 3.43. The number of hydrogen-bond donors (Lipinski definition) is 1. The number of likely N-dealkylation sites (N-methyl/N-ethyl adjacent to an activating group) is 1. The Morgan fingerprint density at radius 1 is 1.12 bits per heavy atom. The molecule has 0 bridgehead atoms. The van der Waals surface area contributed by atoms with Crippen LogP contribution in [-0.4, -0.2) is 55.5 Å². The van der Waals surface area contributed by atoms with Crippen molar-refractivity contribution >= 4 is 21.8 Å². The van der Waals surface area contributed by atoms with Crippen LogP contribution >= 0.6 is 15.9 Å². The Labute approximate surface area is 164 Å². The molecule has 1 saturated heterocycles. The average molecular weight is 416 g/mol. The molecule has 3 rings (SSSR count). The first-order valence-electron chi connectivity index (χ1n) is 9.06. The number of carbonyl (C=O) groups excluding carboxylic acids is 1. The lowest BCUT2D eigenvalue weighted by Crippen LogP contribution is -2.48. The van der Waals surface area contributed by atoms with Gasteiger partial charge in [0.1, 0.15) is 0 Å². The average Bonchev–Trinajstić information content (AvgIpc) is 2.64. The maximum atomic E-state index is 12.6. The fourth-order valence-electron chi connectivity index (χ4n) is 3.30. The van der Waals surface area contributed by atoms with Crippen LogP contribution in [0.2, 0.25) is 0 Å². The van der Waals surface area contributed by atoms with Crippen LogP contribution in [0.1, 0.15) is 27.5 Å². The Kier molecular flexibility index (Phi) is 6.46. The highest BCUT2D eigenvalue weighted by atomic mass is 79.9. The molecule has 26 heavy (non-hydrogen) atoms. The first kappa shape index (κ1) is 19.1. The van der Waals surface area contributed by atoms with E-state index in [9.17, 15) is 4.79 Å². The number of carbonyl (C=O) groups is 1. The lowest BCUT2D eigenvalue weighted by atomic mass is 10.0. The molecular formula is C21H26BrN3O. The van der Waals surface area contributed by atoms with E-state index < -0.39 is 0 Å². The normalized spacial score (nSPS) is 17.0. The van der Waals surface area contributed by atoms with Gasteiger partial charge in [0, 0.05) is 42.8 Å². The molecule has 0 saturated carbocycles. The van der Waals surface area contributed by atoms with Crippen LogP contribution in [0.15, 0.2) is 53.0 Å². The van der Waals surface area contributed by atoms with E-state index >= 15 is 0 Å². The maximum absolute atomic E-state index is 12.6. The molecule has 1 heterocycles. The van der Waals surface area contributed by atoms with Gasteiger partial charge in [-0.05, 0) is 37.7 Å². The molecule has 5 heteroatoms. The van der Waals surface area contributed by atoms with Crippen molar-refractivity contribution in [3.63, 3.8) is 0 Å². The quantitative estimate of drug-likeness (QED) is 0.811. The molecule has 1 aliphatic rings.